The molecule has 0 aliphatic carbocycles. The second-order valence-corrected chi connectivity index (χ2v) is 8.41. The molecule has 3 aromatic rings. The molecule has 0 saturated carbocycles. The molecule has 2 heterocycles. The van der Waals surface area contributed by atoms with E-state index in [1.165, 1.54) is 4.52 Å². The lowest BCUT2D eigenvalue weighted by Gasteiger charge is -2.04. The maximum atomic E-state index is 11.8. The number of ether oxygens (including phenoxy) is 1. The van der Waals surface area contributed by atoms with Gasteiger partial charge in [-0.1, -0.05) is 25.2 Å². The van der Waals surface area contributed by atoms with E-state index in [0.29, 0.717) is 11.6 Å². The van der Waals surface area contributed by atoms with Crippen LogP contribution in [0.5, 0.6) is 5.75 Å². The fourth-order valence-electron chi connectivity index (χ4n) is 2.01. The fourth-order valence-corrected chi connectivity index (χ4v) is 4.17. The van der Waals surface area contributed by atoms with Crippen LogP contribution in [0.3, 0.4) is 0 Å². The van der Waals surface area contributed by atoms with Gasteiger partial charge in [0.25, 0.3) is 0 Å². The zero-order valence-corrected chi connectivity index (χ0v) is 14.5. The van der Waals surface area contributed by atoms with Crippen molar-refractivity contribution in [3.8, 4) is 17.0 Å². The number of aromatic nitrogens is 3. The summed E-state index contributed by atoms with van der Waals surface area (Å²) >= 11 is 1.09. The molecular formula is C15H17N3O3S2. The van der Waals surface area contributed by atoms with Gasteiger partial charge in [-0.2, -0.15) is 0 Å². The minimum Gasteiger partial charge on any atom is -0.494 e. The van der Waals surface area contributed by atoms with Gasteiger partial charge in [0.15, 0.2) is 0 Å². The summed E-state index contributed by atoms with van der Waals surface area (Å²) in [6.45, 7) is 4.36. The number of fused-ring (bicyclic) bond motifs is 1. The van der Waals surface area contributed by atoms with E-state index in [1.54, 1.807) is 13.1 Å². The van der Waals surface area contributed by atoms with Gasteiger partial charge >= 0.3 is 0 Å². The maximum absolute atomic E-state index is 11.8. The molecule has 0 fully saturated rings. The highest BCUT2D eigenvalue weighted by Gasteiger charge is 2.19. The summed E-state index contributed by atoms with van der Waals surface area (Å²) in [6.07, 6.45) is 2.70. The predicted octanol–water partition coefficient (Wildman–Crippen LogP) is 3.04. The molecule has 0 radical (unpaired) electrons. The van der Waals surface area contributed by atoms with E-state index in [1.807, 2.05) is 24.3 Å². The van der Waals surface area contributed by atoms with Gasteiger partial charge < -0.3 is 4.74 Å². The first-order chi connectivity index (χ1) is 11.0. The maximum Gasteiger partial charge on any atom is 0.232 e. The quantitative estimate of drug-likeness (QED) is 0.682. The lowest BCUT2D eigenvalue weighted by atomic mass is 10.2. The van der Waals surface area contributed by atoms with Crippen LogP contribution in [0.2, 0.25) is 0 Å². The molecule has 8 heteroatoms. The lowest BCUT2D eigenvalue weighted by molar-refractivity contribution is 0.317. The number of imidazole rings is 1. The van der Waals surface area contributed by atoms with Crippen LogP contribution >= 0.6 is 11.3 Å². The topological polar surface area (TPSA) is 73.6 Å². The first-order valence-corrected chi connectivity index (χ1v) is 9.82. The van der Waals surface area contributed by atoms with Crippen molar-refractivity contribution >= 4 is 26.1 Å². The number of nitrogens with zero attached hydrogens (tertiary/aromatic N) is 3. The number of hydrogen-bond acceptors (Lipinski definition) is 6. The Balaban J connectivity index is 1.88. The van der Waals surface area contributed by atoms with Crippen LogP contribution in [0.1, 0.15) is 20.3 Å². The Labute approximate surface area is 138 Å². The normalized spacial score (nSPS) is 11.9. The molecule has 0 N–H and O–H groups in total. The summed E-state index contributed by atoms with van der Waals surface area (Å²) in [4.78, 5) is 5.02. The molecule has 0 saturated heterocycles. The first kappa shape index (κ1) is 15.9. The van der Waals surface area contributed by atoms with E-state index in [4.69, 9.17) is 4.74 Å². The van der Waals surface area contributed by atoms with Crippen molar-refractivity contribution in [1.82, 2.24) is 14.6 Å². The molecule has 0 unspecified atom stereocenters. The van der Waals surface area contributed by atoms with Crippen molar-refractivity contribution in [1.29, 1.82) is 0 Å². The number of rotatable bonds is 6. The smallest absolute Gasteiger partial charge is 0.232 e. The van der Waals surface area contributed by atoms with E-state index in [2.05, 4.69) is 17.0 Å². The molecule has 0 bridgehead atoms. The van der Waals surface area contributed by atoms with Crippen molar-refractivity contribution in [2.75, 3.05) is 12.4 Å². The number of sulfone groups is 1. The monoisotopic (exact) mass is 351 g/mol. The van der Waals surface area contributed by atoms with E-state index in [0.717, 1.165) is 34.8 Å². The summed E-state index contributed by atoms with van der Waals surface area (Å²) in [5.41, 5.74) is 1.69. The Morgan fingerprint density at radius 2 is 1.96 bits per heavy atom. The third-order valence-corrected chi connectivity index (χ3v) is 6.40. The second kappa shape index (κ2) is 6.29. The molecular weight excluding hydrogens is 334 g/mol. The van der Waals surface area contributed by atoms with E-state index < -0.39 is 9.84 Å². The summed E-state index contributed by atoms with van der Waals surface area (Å²) in [6, 6.07) is 7.67. The average molecular weight is 351 g/mol. The van der Waals surface area contributed by atoms with Crippen LogP contribution in [0.4, 0.5) is 0 Å². The fraction of sp³-hybridized carbons (Fsp3) is 0.333. The zero-order valence-electron chi connectivity index (χ0n) is 12.9. The van der Waals surface area contributed by atoms with Crippen molar-refractivity contribution in [2.45, 2.75) is 24.6 Å². The van der Waals surface area contributed by atoms with Gasteiger partial charge in [-0.15, -0.1) is 5.10 Å². The Bertz CT molecular complexity index is 880. The molecule has 0 aliphatic heterocycles. The van der Waals surface area contributed by atoms with Gasteiger partial charge in [-0.3, -0.25) is 0 Å². The summed E-state index contributed by atoms with van der Waals surface area (Å²) in [5.74, 6) is 0.863. The van der Waals surface area contributed by atoms with Crippen molar-refractivity contribution < 1.29 is 13.2 Å². The predicted molar refractivity (Wildman–Crippen MR) is 89.8 cm³/mol. The standard InChI is InChI=1S/C15H17N3O3S2/c1-3-9-21-12-7-5-11(6-8-12)13-10-18-14(16-13)22-15(17-18)23(19,20)4-2/h5-8,10H,3-4,9H2,1-2H3. The van der Waals surface area contributed by atoms with Gasteiger partial charge in [-0.05, 0) is 30.7 Å². The van der Waals surface area contributed by atoms with E-state index >= 15 is 0 Å². The molecule has 122 valence electrons. The van der Waals surface area contributed by atoms with Crippen LogP contribution in [0, 0.1) is 0 Å². The second-order valence-electron chi connectivity index (χ2n) is 5.00. The van der Waals surface area contributed by atoms with Gasteiger partial charge in [0.2, 0.25) is 19.1 Å². The van der Waals surface area contributed by atoms with Gasteiger partial charge in [0.05, 0.1) is 24.3 Å². The Kier molecular flexibility index (Phi) is 4.36. The molecule has 6 nitrogen and oxygen atoms in total. The highest BCUT2D eigenvalue weighted by Crippen LogP contribution is 2.26. The minimum absolute atomic E-state index is 0.0374. The highest BCUT2D eigenvalue weighted by molar-refractivity contribution is 7.93. The third-order valence-electron chi connectivity index (χ3n) is 3.29. The Hall–Kier alpha value is -1.93. The lowest BCUT2D eigenvalue weighted by Crippen LogP contribution is -2.03. The molecule has 23 heavy (non-hydrogen) atoms. The van der Waals surface area contributed by atoms with Gasteiger partial charge in [0.1, 0.15) is 5.75 Å². The zero-order chi connectivity index (χ0) is 16.4. The van der Waals surface area contributed by atoms with E-state index in [-0.39, 0.29) is 10.1 Å². The Morgan fingerprint density at radius 1 is 1.22 bits per heavy atom. The minimum atomic E-state index is -3.29. The largest absolute Gasteiger partial charge is 0.494 e. The van der Waals surface area contributed by atoms with Gasteiger partial charge in [0, 0.05) is 5.56 Å². The van der Waals surface area contributed by atoms with Gasteiger partial charge in [-0.25, -0.2) is 17.9 Å². The van der Waals surface area contributed by atoms with Crippen LogP contribution in [-0.4, -0.2) is 35.4 Å². The summed E-state index contributed by atoms with van der Waals surface area (Å²) in [7, 11) is -3.29. The van der Waals surface area contributed by atoms with Crippen LogP contribution in [0.25, 0.3) is 16.2 Å². The molecule has 0 atom stereocenters. The van der Waals surface area contributed by atoms with Crippen molar-refractivity contribution in [3.05, 3.63) is 30.5 Å². The van der Waals surface area contributed by atoms with Crippen LogP contribution in [0.15, 0.2) is 34.8 Å². The van der Waals surface area contributed by atoms with Crippen molar-refractivity contribution in [3.63, 3.8) is 0 Å². The van der Waals surface area contributed by atoms with E-state index in [9.17, 15) is 8.42 Å². The van der Waals surface area contributed by atoms with Crippen LogP contribution < -0.4 is 4.74 Å². The van der Waals surface area contributed by atoms with Crippen molar-refractivity contribution in [2.24, 2.45) is 0 Å². The molecule has 2 aromatic heterocycles. The highest BCUT2D eigenvalue weighted by atomic mass is 32.2. The number of benzene rings is 1. The Morgan fingerprint density at radius 3 is 2.57 bits per heavy atom. The molecule has 0 spiro atoms. The average Bonchev–Trinajstić information content (AvgIpc) is 3.12. The third kappa shape index (κ3) is 3.23. The molecule has 3 rings (SSSR count). The SMILES string of the molecule is CCCOc1ccc(-c2cn3nc(S(=O)(=O)CC)sc3n2)cc1. The first-order valence-electron chi connectivity index (χ1n) is 7.35. The molecule has 0 amide bonds. The summed E-state index contributed by atoms with van der Waals surface area (Å²) < 4.78 is 30.9. The number of hydrogen-bond donors (Lipinski definition) is 0. The molecule has 0 aliphatic rings. The summed E-state index contributed by atoms with van der Waals surface area (Å²) in [5, 5.41) is 4.12. The molecule has 1 aromatic carbocycles. The van der Waals surface area contributed by atoms with Crippen LogP contribution in [-0.2, 0) is 9.84 Å².